The molecule has 1 saturated heterocycles. The molecule has 1 fully saturated rings. The lowest BCUT2D eigenvalue weighted by Gasteiger charge is -2.17. The van der Waals surface area contributed by atoms with Crippen molar-refractivity contribution in [2.24, 2.45) is 0 Å². The standard InChI is InChI=1S/C22H26N4O5S/c1-12(2)18-24-19(31-25-18)13(3)32-22-23-17-10-14(21(28)29-4)7-8-16(17)20(27)26(22)11-15-6-5-9-30-15/h7-8,10,12-13,15H,5-6,9,11H2,1-4H3/t13-,15+/m0/s1. The fourth-order valence-corrected chi connectivity index (χ4v) is 4.49. The van der Waals surface area contributed by atoms with Gasteiger partial charge in [-0.05, 0) is 38.0 Å². The van der Waals surface area contributed by atoms with Crippen molar-refractivity contribution in [3.63, 3.8) is 0 Å². The van der Waals surface area contributed by atoms with Gasteiger partial charge < -0.3 is 14.0 Å². The molecule has 170 valence electrons. The van der Waals surface area contributed by atoms with Crippen molar-refractivity contribution in [3.05, 3.63) is 45.8 Å². The summed E-state index contributed by atoms with van der Waals surface area (Å²) in [6.07, 6.45) is 1.83. The molecule has 0 spiro atoms. The zero-order valence-corrected chi connectivity index (χ0v) is 19.3. The first-order valence-electron chi connectivity index (χ1n) is 10.6. The minimum Gasteiger partial charge on any atom is -0.465 e. The predicted octanol–water partition coefficient (Wildman–Crippen LogP) is 3.72. The molecular weight excluding hydrogens is 432 g/mol. The Kier molecular flexibility index (Phi) is 6.61. The maximum atomic E-state index is 13.4. The molecule has 2 aromatic heterocycles. The van der Waals surface area contributed by atoms with Gasteiger partial charge in [0.2, 0.25) is 5.89 Å². The molecule has 1 aromatic carbocycles. The van der Waals surface area contributed by atoms with E-state index in [4.69, 9.17) is 19.0 Å². The summed E-state index contributed by atoms with van der Waals surface area (Å²) in [6.45, 7) is 7.03. The van der Waals surface area contributed by atoms with Crippen LogP contribution in [0.2, 0.25) is 0 Å². The molecule has 0 bridgehead atoms. The van der Waals surface area contributed by atoms with Crippen molar-refractivity contribution < 1.29 is 18.8 Å². The van der Waals surface area contributed by atoms with Crippen LogP contribution >= 0.6 is 11.8 Å². The van der Waals surface area contributed by atoms with E-state index < -0.39 is 5.97 Å². The number of aromatic nitrogens is 4. The fourth-order valence-electron chi connectivity index (χ4n) is 3.54. The van der Waals surface area contributed by atoms with Gasteiger partial charge >= 0.3 is 5.97 Å². The lowest BCUT2D eigenvalue weighted by Crippen LogP contribution is -2.29. The van der Waals surface area contributed by atoms with E-state index in [2.05, 4.69) is 10.1 Å². The number of hydrogen-bond donors (Lipinski definition) is 0. The molecule has 0 radical (unpaired) electrons. The molecule has 0 unspecified atom stereocenters. The van der Waals surface area contributed by atoms with E-state index in [9.17, 15) is 9.59 Å². The van der Waals surface area contributed by atoms with Crippen LogP contribution in [0.1, 0.15) is 66.9 Å². The van der Waals surface area contributed by atoms with Crippen LogP contribution in [-0.4, -0.2) is 45.5 Å². The Morgan fingerprint density at radius 1 is 1.31 bits per heavy atom. The minimum atomic E-state index is -0.480. The van der Waals surface area contributed by atoms with E-state index in [0.29, 0.717) is 46.5 Å². The molecule has 10 heteroatoms. The van der Waals surface area contributed by atoms with E-state index in [1.54, 1.807) is 22.8 Å². The molecule has 0 saturated carbocycles. The maximum Gasteiger partial charge on any atom is 0.337 e. The summed E-state index contributed by atoms with van der Waals surface area (Å²) in [7, 11) is 1.32. The van der Waals surface area contributed by atoms with Gasteiger partial charge in [-0.15, -0.1) is 0 Å². The molecule has 0 N–H and O–H groups in total. The SMILES string of the molecule is COC(=O)c1ccc2c(=O)n(C[C@H]3CCCO3)c(S[C@@H](C)c3nc(C(C)C)no3)nc2c1. The number of methoxy groups -OCH3 is 1. The normalized spacial score (nSPS) is 17.2. The van der Waals surface area contributed by atoms with Crippen LogP contribution in [0.5, 0.6) is 0 Å². The molecule has 32 heavy (non-hydrogen) atoms. The first-order valence-corrected chi connectivity index (χ1v) is 11.5. The van der Waals surface area contributed by atoms with Gasteiger partial charge in [0.05, 0.1) is 41.5 Å². The lowest BCUT2D eigenvalue weighted by molar-refractivity contribution is 0.0601. The van der Waals surface area contributed by atoms with Crippen molar-refractivity contribution >= 4 is 28.6 Å². The van der Waals surface area contributed by atoms with Crippen molar-refractivity contribution in [2.75, 3.05) is 13.7 Å². The zero-order valence-electron chi connectivity index (χ0n) is 18.5. The molecule has 1 aliphatic heterocycles. The van der Waals surface area contributed by atoms with Gasteiger partial charge in [0, 0.05) is 12.5 Å². The van der Waals surface area contributed by atoms with Crippen LogP contribution in [0.15, 0.2) is 32.7 Å². The smallest absolute Gasteiger partial charge is 0.337 e. The molecule has 1 aliphatic rings. The van der Waals surface area contributed by atoms with Crippen LogP contribution in [-0.2, 0) is 16.0 Å². The molecule has 0 aliphatic carbocycles. The van der Waals surface area contributed by atoms with Gasteiger partial charge in [0.1, 0.15) is 0 Å². The minimum absolute atomic E-state index is 0.0353. The Bertz CT molecular complexity index is 1180. The summed E-state index contributed by atoms with van der Waals surface area (Å²) in [5.74, 6) is 0.781. The van der Waals surface area contributed by atoms with Crippen LogP contribution in [0.25, 0.3) is 10.9 Å². The summed E-state index contributed by atoms with van der Waals surface area (Å²) in [6, 6.07) is 4.78. The number of benzene rings is 1. The van der Waals surface area contributed by atoms with Gasteiger partial charge in [-0.25, -0.2) is 9.78 Å². The van der Waals surface area contributed by atoms with Crippen LogP contribution in [0.3, 0.4) is 0 Å². The third-order valence-corrected chi connectivity index (χ3v) is 6.43. The number of nitrogens with zero attached hydrogens (tertiary/aromatic N) is 4. The summed E-state index contributed by atoms with van der Waals surface area (Å²) >= 11 is 1.36. The average molecular weight is 459 g/mol. The highest BCUT2D eigenvalue weighted by atomic mass is 32.2. The molecule has 9 nitrogen and oxygen atoms in total. The Balaban J connectivity index is 1.75. The lowest BCUT2D eigenvalue weighted by atomic mass is 10.1. The molecule has 2 atom stereocenters. The third-order valence-electron chi connectivity index (χ3n) is 5.36. The van der Waals surface area contributed by atoms with E-state index in [1.807, 2.05) is 20.8 Å². The van der Waals surface area contributed by atoms with E-state index in [0.717, 1.165) is 12.8 Å². The van der Waals surface area contributed by atoms with E-state index >= 15 is 0 Å². The summed E-state index contributed by atoms with van der Waals surface area (Å²) in [5.41, 5.74) is 0.598. The second-order valence-corrected chi connectivity index (χ2v) is 9.38. The van der Waals surface area contributed by atoms with Crippen molar-refractivity contribution in [1.29, 1.82) is 0 Å². The van der Waals surface area contributed by atoms with Gasteiger partial charge in [0.15, 0.2) is 11.0 Å². The van der Waals surface area contributed by atoms with Gasteiger partial charge in [0.25, 0.3) is 5.56 Å². The van der Waals surface area contributed by atoms with Gasteiger partial charge in [-0.3, -0.25) is 9.36 Å². The topological polar surface area (TPSA) is 109 Å². The molecule has 0 amide bonds. The predicted molar refractivity (Wildman–Crippen MR) is 119 cm³/mol. The van der Waals surface area contributed by atoms with Crippen molar-refractivity contribution in [1.82, 2.24) is 19.7 Å². The summed E-state index contributed by atoms with van der Waals surface area (Å²) in [5, 5.41) is 4.76. The van der Waals surface area contributed by atoms with Crippen LogP contribution < -0.4 is 5.56 Å². The highest BCUT2D eigenvalue weighted by Gasteiger charge is 2.24. The van der Waals surface area contributed by atoms with Crippen LogP contribution in [0, 0.1) is 0 Å². The number of carbonyl (C=O) groups is 1. The Labute approximate surface area is 189 Å². The van der Waals surface area contributed by atoms with E-state index in [1.165, 1.54) is 18.9 Å². The number of esters is 1. The number of rotatable bonds is 7. The Hall–Kier alpha value is -2.72. The van der Waals surface area contributed by atoms with Crippen molar-refractivity contribution in [3.8, 4) is 0 Å². The molecule has 3 heterocycles. The molecule has 4 rings (SSSR count). The zero-order chi connectivity index (χ0) is 22.8. The van der Waals surface area contributed by atoms with Crippen molar-refractivity contribution in [2.45, 2.75) is 62.6 Å². The highest BCUT2D eigenvalue weighted by molar-refractivity contribution is 7.99. The first-order chi connectivity index (χ1) is 15.4. The van der Waals surface area contributed by atoms with E-state index in [-0.39, 0.29) is 22.8 Å². The second kappa shape index (κ2) is 9.41. The number of carbonyl (C=O) groups excluding carboxylic acids is 1. The summed E-state index contributed by atoms with van der Waals surface area (Å²) in [4.78, 5) is 34.6. The Morgan fingerprint density at radius 3 is 2.78 bits per heavy atom. The number of fused-ring (bicyclic) bond motifs is 1. The fraction of sp³-hybridized carbons (Fsp3) is 0.500. The van der Waals surface area contributed by atoms with Gasteiger partial charge in [-0.2, -0.15) is 4.98 Å². The number of thioether (sulfide) groups is 1. The van der Waals surface area contributed by atoms with Crippen LogP contribution in [0.4, 0.5) is 0 Å². The summed E-state index contributed by atoms with van der Waals surface area (Å²) < 4.78 is 17.7. The second-order valence-electron chi connectivity index (χ2n) is 8.07. The largest absolute Gasteiger partial charge is 0.465 e. The number of ether oxygens (including phenoxy) is 2. The maximum absolute atomic E-state index is 13.4. The number of hydrogen-bond acceptors (Lipinski definition) is 9. The highest BCUT2D eigenvalue weighted by Crippen LogP contribution is 2.34. The molecule has 3 aromatic rings. The average Bonchev–Trinajstić information content (AvgIpc) is 3.47. The van der Waals surface area contributed by atoms with Gasteiger partial charge in [-0.1, -0.05) is 30.8 Å². The first kappa shape index (κ1) is 22.5. The third kappa shape index (κ3) is 4.56. The quantitative estimate of drug-likeness (QED) is 0.297. The monoisotopic (exact) mass is 458 g/mol. The molecular formula is C22H26N4O5S. The Morgan fingerprint density at radius 2 is 2.12 bits per heavy atom.